The first kappa shape index (κ1) is 30.2. The molecule has 2 atom stereocenters. The summed E-state index contributed by atoms with van der Waals surface area (Å²) >= 11 is 0. The lowest BCUT2D eigenvalue weighted by molar-refractivity contribution is -0.144. The average molecular weight is 491 g/mol. The zero-order valence-electron chi connectivity index (χ0n) is 21.1. The number of ether oxygens (including phenoxy) is 1. The standard InChI is InChI=1S/C24H47N2O6P/c1-4-5-6-7-8-9-10-11-12-13-14-15-16-17-23(27)30-21-24(20-25-24)22-32-33(28,29)31-19-18-26(2)3/h20H,4-19,21-22H2,1-3H3,(H,28,29). The number of carbonyl (C=O) groups is 1. The molecule has 2 unspecified atom stereocenters. The Labute approximate surface area is 201 Å². The van der Waals surface area contributed by atoms with E-state index in [1.807, 2.05) is 19.0 Å². The summed E-state index contributed by atoms with van der Waals surface area (Å²) < 4.78 is 27.1. The number of carbonyl (C=O) groups excluding carboxylic acids is 1. The van der Waals surface area contributed by atoms with Crippen LogP contribution >= 0.6 is 7.82 Å². The van der Waals surface area contributed by atoms with Gasteiger partial charge in [-0.25, -0.2) is 4.57 Å². The fourth-order valence-electron chi connectivity index (χ4n) is 3.42. The van der Waals surface area contributed by atoms with Gasteiger partial charge in [-0.05, 0) is 20.5 Å². The summed E-state index contributed by atoms with van der Waals surface area (Å²) in [6.45, 7) is 2.73. The fourth-order valence-corrected chi connectivity index (χ4v) is 4.19. The molecule has 0 bridgehead atoms. The Morgan fingerprint density at radius 3 is 1.91 bits per heavy atom. The zero-order chi connectivity index (χ0) is 24.4. The maximum Gasteiger partial charge on any atom is 0.472 e. The smallest absolute Gasteiger partial charge is 0.463 e. The van der Waals surface area contributed by atoms with Crippen LogP contribution in [0.1, 0.15) is 96.8 Å². The quantitative estimate of drug-likeness (QED) is 0.114. The number of rotatable bonds is 23. The molecule has 1 heterocycles. The van der Waals surface area contributed by atoms with Crippen molar-refractivity contribution in [3.63, 3.8) is 0 Å². The van der Waals surface area contributed by atoms with Crippen LogP contribution in [0.25, 0.3) is 0 Å². The molecule has 0 saturated heterocycles. The van der Waals surface area contributed by atoms with E-state index in [0.29, 0.717) is 13.0 Å². The van der Waals surface area contributed by atoms with E-state index in [4.69, 9.17) is 13.8 Å². The van der Waals surface area contributed by atoms with Gasteiger partial charge < -0.3 is 14.5 Å². The fraction of sp³-hybridized carbons (Fsp3) is 0.917. The van der Waals surface area contributed by atoms with Gasteiger partial charge in [0.2, 0.25) is 0 Å². The third-order valence-corrected chi connectivity index (χ3v) is 6.70. The number of nitrogens with zero attached hydrogens (tertiary/aromatic N) is 2. The van der Waals surface area contributed by atoms with Crippen LogP contribution in [0, 0.1) is 0 Å². The monoisotopic (exact) mass is 490 g/mol. The average Bonchev–Trinajstić information content (AvgIpc) is 3.54. The third-order valence-electron chi connectivity index (χ3n) is 5.73. The molecule has 0 spiro atoms. The topological polar surface area (TPSA) is 97.7 Å². The molecule has 0 fully saturated rings. The van der Waals surface area contributed by atoms with Crippen LogP contribution in [-0.2, 0) is 23.1 Å². The molecule has 0 aromatic heterocycles. The van der Waals surface area contributed by atoms with Crippen LogP contribution in [0.3, 0.4) is 0 Å². The minimum absolute atomic E-state index is 0.0297. The van der Waals surface area contributed by atoms with Crippen LogP contribution in [0.4, 0.5) is 0 Å². The lowest BCUT2D eigenvalue weighted by Gasteiger charge is -2.18. The predicted octanol–water partition coefficient (Wildman–Crippen LogP) is 5.53. The molecule has 0 aromatic rings. The van der Waals surface area contributed by atoms with Crippen molar-refractivity contribution < 1.29 is 28.0 Å². The van der Waals surface area contributed by atoms with Gasteiger partial charge in [-0.1, -0.05) is 84.0 Å². The van der Waals surface area contributed by atoms with Crippen LogP contribution in [0.5, 0.6) is 0 Å². The highest BCUT2D eigenvalue weighted by molar-refractivity contribution is 7.47. The Hall–Kier alpha value is -0.790. The maximum atomic E-state index is 12.0. The Morgan fingerprint density at radius 1 is 0.909 bits per heavy atom. The number of phosphoric acid groups is 1. The maximum absolute atomic E-state index is 12.0. The lowest BCUT2D eigenvalue weighted by Crippen LogP contribution is -2.29. The highest BCUT2D eigenvalue weighted by atomic mass is 31.2. The van der Waals surface area contributed by atoms with E-state index in [9.17, 15) is 14.3 Å². The summed E-state index contributed by atoms with van der Waals surface area (Å²) in [7, 11) is -0.465. The first-order chi connectivity index (χ1) is 15.8. The molecule has 8 nitrogen and oxygen atoms in total. The lowest BCUT2D eigenvalue weighted by atomic mass is 10.0. The molecule has 0 radical (unpaired) electrons. The molecule has 0 aromatic carbocycles. The van der Waals surface area contributed by atoms with Gasteiger partial charge in [0.25, 0.3) is 0 Å². The van der Waals surface area contributed by atoms with Crippen molar-refractivity contribution >= 4 is 20.0 Å². The molecular weight excluding hydrogens is 443 g/mol. The Balaban J connectivity index is 1.96. The minimum atomic E-state index is -4.14. The van der Waals surface area contributed by atoms with Crippen LogP contribution in [-0.4, -0.2) is 68.0 Å². The van der Waals surface area contributed by atoms with Crippen LogP contribution < -0.4 is 0 Å². The molecule has 194 valence electrons. The van der Waals surface area contributed by atoms with Crippen molar-refractivity contribution in [1.82, 2.24) is 4.90 Å². The Kier molecular flexibility index (Phi) is 16.1. The first-order valence-corrected chi connectivity index (χ1v) is 14.3. The van der Waals surface area contributed by atoms with E-state index in [2.05, 4.69) is 11.9 Å². The number of likely N-dealkylation sites (N-methyl/N-ethyl adjacent to an activating group) is 1. The summed E-state index contributed by atoms with van der Waals surface area (Å²) in [4.78, 5) is 27.6. The molecule has 1 N–H and O–H groups in total. The largest absolute Gasteiger partial charge is 0.472 e. The molecule has 0 aliphatic carbocycles. The summed E-state index contributed by atoms with van der Waals surface area (Å²) in [6, 6.07) is 0. The summed E-state index contributed by atoms with van der Waals surface area (Å²) in [6.07, 6.45) is 18.4. The number of aliphatic imine (C=N–C) groups is 1. The second-order valence-electron chi connectivity index (χ2n) is 9.39. The summed E-state index contributed by atoms with van der Waals surface area (Å²) in [5.41, 5.74) is -0.824. The van der Waals surface area contributed by atoms with Gasteiger partial charge >= 0.3 is 13.8 Å². The second-order valence-corrected chi connectivity index (χ2v) is 10.8. The van der Waals surface area contributed by atoms with Gasteiger partial charge in [0.15, 0.2) is 5.54 Å². The summed E-state index contributed by atoms with van der Waals surface area (Å²) in [5.74, 6) is -0.262. The first-order valence-electron chi connectivity index (χ1n) is 12.8. The molecule has 0 amide bonds. The van der Waals surface area contributed by atoms with E-state index in [-0.39, 0.29) is 25.8 Å². The van der Waals surface area contributed by atoms with Gasteiger partial charge in [0, 0.05) is 19.2 Å². The highest BCUT2D eigenvalue weighted by Crippen LogP contribution is 2.44. The molecule has 1 aliphatic rings. The number of phosphoric ester groups is 1. The highest BCUT2D eigenvalue weighted by Gasteiger charge is 2.41. The van der Waals surface area contributed by atoms with Crippen molar-refractivity contribution in [1.29, 1.82) is 0 Å². The summed E-state index contributed by atoms with van der Waals surface area (Å²) in [5, 5.41) is 0. The molecule has 1 rings (SSSR count). The van der Waals surface area contributed by atoms with Gasteiger partial charge in [0.05, 0.1) is 13.2 Å². The molecular formula is C24H47N2O6P. The van der Waals surface area contributed by atoms with Crippen molar-refractivity contribution in [3.8, 4) is 0 Å². The molecule has 33 heavy (non-hydrogen) atoms. The van der Waals surface area contributed by atoms with E-state index in [1.54, 1.807) is 6.21 Å². The Morgan fingerprint density at radius 2 is 1.42 bits per heavy atom. The predicted molar refractivity (Wildman–Crippen MR) is 133 cm³/mol. The second kappa shape index (κ2) is 17.6. The van der Waals surface area contributed by atoms with Gasteiger partial charge in [-0.15, -0.1) is 0 Å². The van der Waals surface area contributed by atoms with Gasteiger partial charge in [-0.2, -0.15) is 0 Å². The van der Waals surface area contributed by atoms with Crippen molar-refractivity contribution in [2.45, 2.75) is 102 Å². The van der Waals surface area contributed by atoms with Crippen molar-refractivity contribution in [2.75, 3.05) is 40.5 Å². The zero-order valence-corrected chi connectivity index (χ0v) is 22.0. The minimum Gasteiger partial charge on any atom is -0.463 e. The van der Waals surface area contributed by atoms with Crippen molar-refractivity contribution in [2.24, 2.45) is 4.99 Å². The molecule has 0 saturated carbocycles. The van der Waals surface area contributed by atoms with E-state index in [0.717, 1.165) is 19.3 Å². The number of esters is 1. The molecule has 9 heteroatoms. The van der Waals surface area contributed by atoms with Gasteiger partial charge in [0.1, 0.15) is 6.61 Å². The normalized spacial score (nSPS) is 19.1. The number of unbranched alkanes of at least 4 members (excludes halogenated alkanes) is 12. The SMILES string of the molecule is CCCCCCCCCCCCCCCC(=O)OCC1(COP(=O)(O)OCCN(C)C)C=N1. The molecule has 1 aliphatic heterocycles. The van der Waals surface area contributed by atoms with Crippen LogP contribution in [0.2, 0.25) is 0 Å². The van der Waals surface area contributed by atoms with Crippen molar-refractivity contribution in [3.05, 3.63) is 0 Å². The van der Waals surface area contributed by atoms with E-state index < -0.39 is 13.4 Å². The Bertz CT molecular complexity index is 594. The van der Waals surface area contributed by atoms with E-state index >= 15 is 0 Å². The third kappa shape index (κ3) is 17.3. The van der Waals surface area contributed by atoms with Crippen LogP contribution in [0.15, 0.2) is 4.99 Å². The number of hydrogen-bond acceptors (Lipinski definition) is 7. The van der Waals surface area contributed by atoms with E-state index in [1.165, 1.54) is 64.2 Å². The number of hydrogen-bond donors (Lipinski definition) is 1. The van der Waals surface area contributed by atoms with Gasteiger partial charge in [-0.3, -0.25) is 18.8 Å².